The van der Waals surface area contributed by atoms with Gasteiger partial charge in [0.1, 0.15) is 5.82 Å². The Kier molecular flexibility index (Phi) is 6.52. The van der Waals surface area contributed by atoms with E-state index in [0.29, 0.717) is 22.6 Å². The lowest BCUT2D eigenvalue weighted by Crippen LogP contribution is -2.19. The van der Waals surface area contributed by atoms with Crippen molar-refractivity contribution in [2.24, 2.45) is 0 Å². The molecule has 0 atom stereocenters. The minimum absolute atomic E-state index is 0.234. The molecule has 3 N–H and O–H groups in total. The van der Waals surface area contributed by atoms with Crippen LogP contribution in [0.3, 0.4) is 0 Å². The Balaban J connectivity index is 1.23. The maximum atomic E-state index is 12.8. The molecule has 1 aliphatic rings. The summed E-state index contributed by atoms with van der Waals surface area (Å²) in [4.78, 5) is 25.0. The van der Waals surface area contributed by atoms with E-state index in [-0.39, 0.29) is 11.9 Å². The van der Waals surface area contributed by atoms with Gasteiger partial charge in [0.15, 0.2) is 5.82 Å². The van der Waals surface area contributed by atoms with Gasteiger partial charge in [-0.25, -0.2) is 4.79 Å². The van der Waals surface area contributed by atoms with Crippen molar-refractivity contribution in [3.05, 3.63) is 90.3 Å². The van der Waals surface area contributed by atoms with Crippen LogP contribution in [0.1, 0.15) is 35.4 Å². The van der Waals surface area contributed by atoms with Crippen molar-refractivity contribution < 1.29 is 9.59 Å². The summed E-state index contributed by atoms with van der Waals surface area (Å²) in [5.41, 5.74) is 3.38. The van der Waals surface area contributed by atoms with E-state index in [1.807, 2.05) is 42.5 Å². The molecule has 0 fully saturated rings. The third-order valence-corrected chi connectivity index (χ3v) is 5.92. The van der Waals surface area contributed by atoms with Gasteiger partial charge in [-0.3, -0.25) is 4.79 Å². The molecule has 8 heteroatoms. The molecule has 0 bridgehead atoms. The number of hydrogen-bond acceptors (Lipinski definition) is 4. The summed E-state index contributed by atoms with van der Waals surface area (Å²) in [6.07, 6.45) is 4.40. The lowest BCUT2D eigenvalue weighted by molar-refractivity contribution is 0.102. The number of urea groups is 1. The number of fused-ring (bicyclic) bond motifs is 1. The molecule has 176 valence electrons. The number of nitrogens with zero attached hydrogens (tertiary/aromatic N) is 3. The number of nitrogens with one attached hydrogen (secondary N) is 3. The van der Waals surface area contributed by atoms with Crippen LogP contribution in [0.25, 0.3) is 11.4 Å². The summed E-state index contributed by atoms with van der Waals surface area (Å²) in [6, 6.07) is 23.2. The van der Waals surface area contributed by atoms with Crippen LogP contribution in [0.2, 0.25) is 0 Å². The van der Waals surface area contributed by atoms with Crippen molar-refractivity contribution in [3.63, 3.8) is 0 Å². The van der Waals surface area contributed by atoms with Crippen LogP contribution in [0.15, 0.2) is 78.9 Å². The van der Waals surface area contributed by atoms with Crippen LogP contribution >= 0.6 is 0 Å². The smallest absolute Gasteiger partial charge is 0.322 e. The van der Waals surface area contributed by atoms with E-state index in [1.54, 1.807) is 36.4 Å². The molecule has 3 aromatic carbocycles. The first-order chi connectivity index (χ1) is 17.2. The molecule has 3 amide bonds. The number of carbonyl (C=O) groups excluding carboxylic acids is 2. The first-order valence-corrected chi connectivity index (χ1v) is 11.7. The predicted molar refractivity (Wildman–Crippen MR) is 136 cm³/mol. The first-order valence-electron chi connectivity index (χ1n) is 11.7. The highest BCUT2D eigenvalue weighted by molar-refractivity contribution is 6.05. The summed E-state index contributed by atoms with van der Waals surface area (Å²) in [5, 5.41) is 17.3. The van der Waals surface area contributed by atoms with E-state index in [1.165, 1.54) is 6.42 Å². The van der Waals surface area contributed by atoms with Crippen molar-refractivity contribution >= 4 is 29.0 Å². The second kappa shape index (κ2) is 10.2. The second-order valence-corrected chi connectivity index (χ2v) is 8.46. The Hall–Kier alpha value is -4.46. The van der Waals surface area contributed by atoms with Gasteiger partial charge in [-0.2, -0.15) is 0 Å². The molecule has 5 rings (SSSR count). The highest BCUT2D eigenvalue weighted by Crippen LogP contribution is 2.25. The molecule has 0 unspecified atom stereocenters. The third kappa shape index (κ3) is 5.38. The zero-order chi connectivity index (χ0) is 24.0. The fraction of sp³-hybridized carbons (Fsp3) is 0.185. The van der Waals surface area contributed by atoms with E-state index < -0.39 is 0 Å². The molecule has 1 aliphatic heterocycles. The molecule has 2 heterocycles. The average molecular weight is 467 g/mol. The Bertz CT molecular complexity index is 1330. The number of anilines is 3. The molecular formula is C27H26N6O2. The number of hydrogen-bond donors (Lipinski definition) is 3. The predicted octanol–water partition coefficient (Wildman–Crippen LogP) is 5.57. The summed E-state index contributed by atoms with van der Waals surface area (Å²) in [7, 11) is 0. The normalized spacial score (nSPS) is 12.8. The van der Waals surface area contributed by atoms with Gasteiger partial charge in [0, 0.05) is 41.2 Å². The van der Waals surface area contributed by atoms with Crippen molar-refractivity contribution in [1.82, 2.24) is 14.8 Å². The van der Waals surface area contributed by atoms with Gasteiger partial charge in [0.25, 0.3) is 5.91 Å². The van der Waals surface area contributed by atoms with Crippen molar-refractivity contribution in [1.29, 1.82) is 0 Å². The molecule has 4 aromatic rings. The monoisotopic (exact) mass is 466 g/mol. The molecule has 0 radical (unpaired) electrons. The van der Waals surface area contributed by atoms with Gasteiger partial charge in [0.2, 0.25) is 0 Å². The number of benzene rings is 3. The molecule has 0 saturated heterocycles. The number of carbonyl (C=O) groups is 2. The summed E-state index contributed by atoms with van der Waals surface area (Å²) >= 11 is 0. The Morgan fingerprint density at radius 2 is 1.46 bits per heavy atom. The number of para-hydroxylation sites is 1. The van der Waals surface area contributed by atoms with Crippen LogP contribution in [-0.4, -0.2) is 26.7 Å². The van der Waals surface area contributed by atoms with Gasteiger partial charge in [-0.1, -0.05) is 36.8 Å². The van der Waals surface area contributed by atoms with Gasteiger partial charge < -0.3 is 20.5 Å². The molecule has 8 nitrogen and oxygen atoms in total. The van der Waals surface area contributed by atoms with E-state index in [4.69, 9.17) is 0 Å². The first kappa shape index (κ1) is 22.3. The number of rotatable bonds is 5. The minimum atomic E-state index is -0.350. The van der Waals surface area contributed by atoms with Crippen LogP contribution in [0, 0.1) is 0 Å². The lowest BCUT2D eigenvalue weighted by atomic mass is 10.1. The van der Waals surface area contributed by atoms with Crippen LogP contribution in [-0.2, 0) is 13.0 Å². The van der Waals surface area contributed by atoms with Crippen molar-refractivity contribution in [2.75, 3.05) is 16.0 Å². The van der Waals surface area contributed by atoms with Gasteiger partial charge in [0.05, 0.1) is 0 Å². The topological polar surface area (TPSA) is 101 Å². The van der Waals surface area contributed by atoms with Crippen molar-refractivity contribution in [2.45, 2.75) is 32.2 Å². The fourth-order valence-corrected chi connectivity index (χ4v) is 4.16. The summed E-state index contributed by atoms with van der Waals surface area (Å²) < 4.78 is 2.19. The molecule has 0 spiro atoms. The van der Waals surface area contributed by atoms with E-state index in [9.17, 15) is 9.59 Å². The highest BCUT2D eigenvalue weighted by atomic mass is 16.2. The Morgan fingerprint density at radius 1 is 0.714 bits per heavy atom. The van der Waals surface area contributed by atoms with Gasteiger partial charge in [-0.05, 0) is 61.4 Å². The molecule has 0 saturated carbocycles. The Morgan fingerprint density at radius 3 is 2.26 bits per heavy atom. The fourth-order valence-electron chi connectivity index (χ4n) is 4.16. The number of amides is 3. The molecule has 1 aromatic heterocycles. The second-order valence-electron chi connectivity index (χ2n) is 8.46. The lowest BCUT2D eigenvalue weighted by Gasteiger charge is -2.10. The average Bonchev–Trinajstić information content (AvgIpc) is 3.13. The maximum absolute atomic E-state index is 12.8. The summed E-state index contributed by atoms with van der Waals surface area (Å²) in [5.74, 6) is 1.63. The highest BCUT2D eigenvalue weighted by Gasteiger charge is 2.16. The maximum Gasteiger partial charge on any atom is 0.323 e. The quantitative estimate of drug-likeness (QED) is 0.358. The Labute approximate surface area is 203 Å². The van der Waals surface area contributed by atoms with Crippen molar-refractivity contribution in [3.8, 4) is 11.4 Å². The zero-order valence-electron chi connectivity index (χ0n) is 19.2. The molecular weight excluding hydrogens is 440 g/mol. The SMILES string of the molecule is O=C(Nc1ccccc1)Nc1ccc(C(=O)Nc2cccc(-c3nnc4n3CCCCC4)c2)cc1. The zero-order valence-corrected chi connectivity index (χ0v) is 19.2. The number of aromatic nitrogens is 3. The van der Waals surface area contributed by atoms with Crippen LogP contribution in [0.5, 0.6) is 0 Å². The van der Waals surface area contributed by atoms with Gasteiger partial charge in [-0.15, -0.1) is 10.2 Å². The molecule has 35 heavy (non-hydrogen) atoms. The minimum Gasteiger partial charge on any atom is -0.322 e. The largest absolute Gasteiger partial charge is 0.323 e. The van der Waals surface area contributed by atoms with Crippen LogP contribution < -0.4 is 16.0 Å². The van der Waals surface area contributed by atoms with Crippen LogP contribution in [0.4, 0.5) is 21.9 Å². The van der Waals surface area contributed by atoms with Gasteiger partial charge >= 0.3 is 6.03 Å². The third-order valence-electron chi connectivity index (χ3n) is 5.92. The summed E-state index contributed by atoms with van der Waals surface area (Å²) in [6.45, 7) is 0.915. The standard InChI is InChI=1S/C27H26N6O2/c34-26(19-13-15-22(16-14-19)30-27(35)29-21-9-3-1-4-10-21)28-23-11-7-8-20(18-23)25-32-31-24-12-5-2-6-17-33(24)25/h1,3-4,7-11,13-16,18H,2,5-6,12,17H2,(H,28,34)(H2,29,30,35). The number of aryl methyl sites for hydroxylation is 1. The van der Waals surface area contributed by atoms with E-state index >= 15 is 0 Å². The molecule has 0 aliphatic carbocycles. The van der Waals surface area contributed by atoms with E-state index in [0.717, 1.165) is 43.0 Å². The van der Waals surface area contributed by atoms with E-state index in [2.05, 4.69) is 30.7 Å².